The van der Waals surface area contributed by atoms with Gasteiger partial charge in [0.2, 0.25) is 0 Å². The van der Waals surface area contributed by atoms with Crippen LogP contribution in [-0.2, 0) is 4.74 Å². The minimum atomic E-state index is -0.466. The van der Waals surface area contributed by atoms with Gasteiger partial charge in [-0.3, -0.25) is 0 Å². The molecule has 0 atom stereocenters. The highest BCUT2D eigenvalue weighted by Crippen LogP contribution is 2.18. The van der Waals surface area contributed by atoms with Crippen molar-refractivity contribution in [3.05, 3.63) is 24.3 Å². The van der Waals surface area contributed by atoms with Crippen molar-refractivity contribution < 1.29 is 19.1 Å². The molecule has 0 radical (unpaired) electrons. The molecule has 114 valence electrons. The van der Waals surface area contributed by atoms with Crippen molar-refractivity contribution in [1.82, 2.24) is 9.80 Å². The van der Waals surface area contributed by atoms with Crippen LogP contribution in [0.1, 0.15) is 0 Å². The molecular weight excluding hydrogens is 274 g/mol. The number of morpholine rings is 1. The maximum Gasteiger partial charge on any atom is 0.414 e. The Labute approximate surface area is 123 Å². The van der Waals surface area contributed by atoms with Crippen molar-refractivity contribution in [1.29, 1.82) is 0 Å². The Hall–Kier alpha value is -2.28. The number of nitrogens with one attached hydrogen (secondary N) is 1. The molecule has 1 aromatic carbocycles. The van der Waals surface area contributed by atoms with Crippen LogP contribution in [0.5, 0.6) is 5.75 Å². The second-order valence-corrected chi connectivity index (χ2v) is 4.82. The summed E-state index contributed by atoms with van der Waals surface area (Å²) < 4.78 is 10.3. The van der Waals surface area contributed by atoms with Gasteiger partial charge in [-0.1, -0.05) is 6.07 Å². The van der Waals surface area contributed by atoms with Gasteiger partial charge in [-0.05, 0) is 12.1 Å². The molecule has 0 spiro atoms. The van der Waals surface area contributed by atoms with Crippen molar-refractivity contribution in [3.63, 3.8) is 0 Å². The molecule has 2 rings (SSSR count). The molecule has 0 aliphatic carbocycles. The van der Waals surface area contributed by atoms with E-state index < -0.39 is 6.09 Å². The number of hydrogen-bond acceptors (Lipinski definition) is 4. The molecule has 3 amide bonds. The van der Waals surface area contributed by atoms with E-state index in [1.54, 1.807) is 43.3 Å². The van der Waals surface area contributed by atoms with Crippen LogP contribution in [0.2, 0.25) is 0 Å². The quantitative estimate of drug-likeness (QED) is 0.899. The lowest BCUT2D eigenvalue weighted by Gasteiger charge is -2.26. The monoisotopic (exact) mass is 293 g/mol. The van der Waals surface area contributed by atoms with Gasteiger partial charge in [0.05, 0.1) is 13.2 Å². The summed E-state index contributed by atoms with van der Waals surface area (Å²) in [4.78, 5) is 26.6. The maximum atomic E-state index is 12.1. The first-order chi connectivity index (χ1) is 10.1. The number of hydrogen-bond donors (Lipinski definition) is 1. The Bertz CT molecular complexity index is 513. The standard InChI is InChI=1S/C14H19N3O4/c1-16(2)14(19)21-12-5-3-4-11(10-12)15-13(18)17-6-8-20-9-7-17/h3-5,10H,6-9H2,1-2H3,(H,15,18). The van der Waals surface area contributed by atoms with Crippen LogP contribution in [0, 0.1) is 0 Å². The zero-order chi connectivity index (χ0) is 15.2. The number of anilines is 1. The number of rotatable bonds is 2. The lowest BCUT2D eigenvalue weighted by atomic mass is 10.3. The van der Waals surface area contributed by atoms with Crippen LogP contribution < -0.4 is 10.1 Å². The summed E-state index contributed by atoms with van der Waals surface area (Å²) in [5.41, 5.74) is 0.579. The van der Waals surface area contributed by atoms with Crippen molar-refractivity contribution >= 4 is 17.8 Å². The van der Waals surface area contributed by atoms with Gasteiger partial charge in [0.25, 0.3) is 0 Å². The van der Waals surface area contributed by atoms with E-state index in [1.165, 1.54) is 4.90 Å². The Morgan fingerprint density at radius 1 is 1.29 bits per heavy atom. The van der Waals surface area contributed by atoms with Crippen molar-refractivity contribution in [2.45, 2.75) is 0 Å². The molecule has 7 nitrogen and oxygen atoms in total. The average molecular weight is 293 g/mol. The topological polar surface area (TPSA) is 71.1 Å². The molecule has 0 bridgehead atoms. The van der Waals surface area contributed by atoms with Crippen LogP contribution in [0.25, 0.3) is 0 Å². The number of carbonyl (C=O) groups excluding carboxylic acids is 2. The highest BCUT2D eigenvalue weighted by molar-refractivity contribution is 5.89. The molecule has 0 saturated carbocycles. The summed E-state index contributed by atoms with van der Waals surface area (Å²) in [5, 5.41) is 2.78. The second-order valence-electron chi connectivity index (χ2n) is 4.82. The summed E-state index contributed by atoms with van der Waals surface area (Å²) in [6, 6.07) is 6.54. The van der Waals surface area contributed by atoms with Crippen LogP contribution in [0.15, 0.2) is 24.3 Å². The van der Waals surface area contributed by atoms with E-state index in [9.17, 15) is 9.59 Å². The van der Waals surface area contributed by atoms with Crippen LogP contribution in [-0.4, -0.2) is 62.3 Å². The van der Waals surface area contributed by atoms with E-state index in [0.29, 0.717) is 37.7 Å². The first-order valence-electron chi connectivity index (χ1n) is 6.69. The van der Waals surface area contributed by atoms with Gasteiger partial charge in [0.1, 0.15) is 5.75 Å². The summed E-state index contributed by atoms with van der Waals surface area (Å²) in [6.07, 6.45) is -0.466. The molecule has 1 N–H and O–H groups in total. The van der Waals surface area contributed by atoms with Crippen molar-refractivity contribution in [3.8, 4) is 5.75 Å². The van der Waals surface area contributed by atoms with E-state index in [-0.39, 0.29) is 6.03 Å². The van der Waals surface area contributed by atoms with E-state index in [2.05, 4.69) is 5.32 Å². The number of nitrogens with zero attached hydrogens (tertiary/aromatic N) is 2. The number of benzene rings is 1. The molecule has 21 heavy (non-hydrogen) atoms. The molecule has 1 fully saturated rings. The predicted octanol–water partition coefficient (Wildman–Crippen LogP) is 1.61. The Morgan fingerprint density at radius 3 is 2.67 bits per heavy atom. The summed E-state index contributed by atoms with van der Waals surface area (Å²) in [5.74, 6) is 0.383. The smallest absolute Gasteiger partial charge is 0.410 e. The van der Waals surface area contributed by atoms with Gasteiger partial charge in [0, 0.05) is 38.9 Å². The zero-order valence-corrected chi connectivity index (χ0v) is 12.2. The zero-order valence-electron chi connectivity index (χ0n) is 12.2. The largest absolute Gasteiger partial charge is 0.414 e. The first kappa shape index (κ1) is 15.1. The number of urea groups is 1. The van der Waals surface area contributed by atoms with Crippen LogP contribution >= 0.6 is 0 Å². The summed E-state index contributed by atoms with van der Waals surface area (Å²) in [6.45, 7) is 2.24. The van der Waals surface area contributed by atoms with Crippen LogP contribution in [0.3, 0.4) is 0 Å². The predicted molar refractivity (Wildman–Crippen MR) is 77.6 cm³/mol. The molecule has 1 aliphatic rings. The van der Waals surface area contributed by atoms with Gasteiger partial charge >= 0.3 is 12.1 Å². The second kappa shape index (κ2) is 6.94. The molecular formula is C14H19N3O4. The Kier molecular flexibility index (Phi) is 4.99. The molecule has 1 aromatic rings. The van der Waals surface area contributed by atoms with Gasteiger partial charge in [-0.2, -0.15) is 0 Å². The van der Waals surface area contributed by atoms with Gasteiger partial charge in [0.15, 0.2) is 0 Å². The van der Waals surface area contributed by atoms with Gasteiger partial charge in [-0.15, -0.1) is 0 Å². The number of carbonyl (C=O) groups is 2. The van der Waals surface area contributed by atoms with E-state index in [0.717, 1.165) is 0 Å². The van der Waals surface area contributed by atoms with Gasteiger partial charge in [-0.25, -0.2) is 9.59 Å². The lowest BCUT2D eigenvalue weighted by molar-refractivity contribution is 0.0564. The number of ether oxygens (including phenoxy) is 2. The lowest BCUT2D eigenvalue weighted by Crippen LogP contribution is -2.43. The fourth-order valence-electron chi connectivity index (χ4n) is 1.80. The van der Waals surface area contributed by atoms with Crippen molar-refractivity contribution in [2.24, 2.45) is 0 Å². The molecule has 0 aromatic heterocycles. The molecule has 1 aliphatic heterocycles. The van der Waals surface area contributed by atoms with E-state index in [4.69, 9.17) is 9.47 Å². The number of amides is 3. The highest BCUT2D eigenvalue weighted by Gasteiger charge is 2.17. The SMILES string of the molecule is CN(C)C(=O)Oc1cccc(NC(=O)N2CCOCC2)c1. The maximum absolute atomic E-state index is 12.1. The highest BCUT2D eigenvalue weighted by atomic mass is 16.6. The van der Waals surface area contributed by atoms with Crippen molar-refractivity contribution in [2.75, 3.05) is 45.7 Å². The average Bonchev–Trinajstić information content (AvgIpc) is 2.48. The fourth-order valence-corrected chi connectivity index (χ4v) is 1.80. The van der Waals surface area contributed by atoms with E-state index >= 15 is 0 Å². The molecule has 1 heterocycles. The summed E-state index contributed by atoms with van der Waals surface area (Å²) in [7, 11) is 3.21. The minimum absolute atomic E-state index is 0.186. The molecule has 7 heteroatoms. The Balaban J connectivity index is 1.97. The summed E-state index contributed by atoms with van der Waals surface area (Å²) >= 11 is 0. The third-order valence-electron chi connectivity index (χ3n) is 2.95. The third-order valence-corrected chi connectivity index (χ3v) is 2.95. The molecule has 1 saturated heterocycles. The first-order valence-corrected chi connectivity index (χ1v) is 6.69. The van der Waals surface area contributed by atoms with Gasteiger partial charge < -0.3 is 24.6 Å². The van der Waals surface area contributed by atoms with Crippen LogP contribution in [0.4, 0.5) is 15.3 Å². The minimum Gasteiger partial charge on any atom is -0.410 e. The van der Waals surface area contributed by atoms with E-state index in [1.807, 2.05) is 0 Å². The fraction of sp³-hybridized carbons (Fsp3) is 0.429. The normalized spacial score (nSPS) is 14.5. The molecule has 0 unspecified atom stereocenters. The Morgan fingerprint density at radius 2 is 2.00 bits per heavy atom. The third kappa shape index (κ3) is 4.35.